The van der Waals surface area contributed by atoms with Gasteiger partial charge in [0.1, 0.15) is 0 Å². The maximum atomic E-state index is 12.3. The molecule has 154 valence electrons. The van der Waals surface area contributed by atoms with Crippen LogP contribution < -0.4 is 5.32 Å². The molecule has 3 heterocycles. The largest absolute Gasteiger partial charge is 0.356 e. The van der Waals surface area contributed by atoms with E-state index in [0.717, 1.165) is 33.4 Å². The van der Waals surface area contributed by atoms with Gasteiger partial charge in [0, 0.05) is 30.5 Å². The molecule has 0 aliphatic rings. The summed E-state index contributed by atoms with van der Waals surface area (Å²) < 4.78 is 2.40. The third-order valence-electron chi connectivity index (χ3n) is 4.67. The van der Waals surface area contributed by atoms with Gasteiger partial charge in [-0.2, -0.15) is 5.10 Å². The Hall–Kier alpha value is -2.62. The first-order valence-electron chi connectivity index (χ1n) is 9.57. The van der Waals surface area contributed by atoms with Gasteiger partial charge in [-0.15, -0.1) is 22.7 Å². The summed E-state index contributed by atoms with van der Waals surface area (Å²) in [6, 6.07) is 12.3. The lowest BCUT2D eigenvalue weighted by Crippen LogP contribution is -2.26. The van der Waals surface area contributed by atoms with Crippen molar-refractivity contribution in [2.75, 3.05) is 6.54 Å². The lowest BCUT2D eigenvalue weighted by molar-refractivity contribution is -0.121. The van der Waals surface area contributed by atoms with Gasteiger partial charge < -0.3 is 5.32 Å². The highest BCUT2D eigenvalue weighted by Gasteiger charge is 2.11. The smallest absolute Gasteiger partial charge is 0.221 e. The third kappa shape index (κ3) is 4.92. The molecule has 0 radical (unpaired) electrons. The molecule has 9 heteroatoms. The highest BCUT2D eigenvalue weighted by atomic mass is 32.1. The quantitative estimate of drug-likeness (QED) is 0.373. The lowest BCUT2D eigenvalue weighted by Gasteiger charge is -2.08. The summed E-state index contributed by atoms with van der Waals surface area (Å²) in [5.74, 6) is 0.781. The molecule has 0 saturated carbocycles. The van der Waals surface area contributed by atoms with Crippen LogP contribution in [0.5, 0.6) is 0 Å². The fraction of sp³-hybridized carbons (Fsp3) is 0.238. The summed E-state index contributed by atoms with van der Waals surface area (Å²) in [5.41, 5.74) is 3.31. The monoisotopic (exact) mass is 455 g/mol. The topological polar surface area (TPSA) is 75.6 Å². The van der Waals surface area contributed by atoms with Crippen molar-refractivity contribution in [1.82, 2.24) is 25.1 Å². The van der Waals surface area contributed by atoms with Gasteiger partial charge in [-0.25, -0.2) is 4.98 Å². The average molecular weight is 456 g/mol. The first-order chi connectivity index (χ1) is 14.6. The summed E-state index contributed by atoms with van der Waals surface area (Å²) in [7, 11) is 0. The van der Waals surface area contributed by atoms with E-state index in [0.29, 0.717) is 24.3 Å². The van der Waals surface area contributed by atoms with Gasteiger partial charge in [0.2, 0.25) is 5.91 Å². The Morgan fingerprint density at radius 2 is 2.07 bits per heavy atom. The van der Waals surface area contributed by atoms with Crippen molar-refractivity contribution >= 4 is 40.8 Å². The Bertz CT molecular complexity index is 1170. The van der Waals surface area contributed by atoms with Crippen molar-refractivity contribution in [3.63, 3.8) is 0 Å². The molecule has 0 spiro atoms. The number of amides is 1. The Morgan fingerprint density at radius 3 is 2.77 bits per heavy atom. The number of thiophene rings is 1. The van der Waals surface area contributed by atoms with Gasteiger partial charge in [-0.1, -0.05) is 30.3 Å². The molecule has 1 amide bonds. The van der Waals surface area contributed by atoms with Crippen molar-refractivity contribution in [1.29, 1.82) is 0 Å². The Kier molecular flexibility index (Phi) is 6.51. The SMILES string of the molecule is Cc1nc(-c2ccc(CCNC(=O)CCn3c(-c4cccs4)n[nH]c3=S)cc2)cs1. The molecule has 0 saturated heterocycles. The van der Waals surface area contributed by atoms with Gasteiger partial charge in [0.25, 0.3) is 0 Å². The molecule has 4 aromatic rings. The highest BCUT2D eigenvalue weighted by Crippen LogP contribution is 2.23. The number of nitrogens with one attached hydrogen (secondary N) is 2. The van der Waals surface area contributed by atoms with Crippen LogP contribution in [0.2, 0.25) is 0 Å². The zero-order valence-electron chi connectivity index (χ0n) is 16.4. The number of benzene rings is 1. The summed E-state index contributed by atoms with van der Waals surface area (Å²) >= 11 is 8.56. The predicted octanol–water partition coefficient (Wildman–Crippen LogP) is 4.85. The van der Waals surface area contributed by atoms with Crippen LogP contribution in [0.25, 0.3) is 22.0 Å². The molecule has 1 aromatic carbocycles. The summed E-state index contributed by atoms with van der Waals surface area (Å²) in [6.45, 7) is 3.10. The minimum absolute atomic E-state index is 0.00444. The van der Waals surface area contributed by atoms with Gasteiger partial charge >= 0.3 is 0 Å². The van der Waals surface area contributed by atoms with Crippen molar-refractivity contribution < 1.29 is 4.79 Å². The van der Waals surface area contributed by atoms with Crippen LogP contribution in [0.15, 0.2) is 47.2 Å². The number of aromatic nitrogens is 4. The van der Waals surface area contributed by atoms with E-state index in [1.54, 1.807) is 22.7 Å². The number of H-pyrrole nitrogens is 1. The van der Waals surface area contributed by atoms with Crippen molar-refractivity contribution in [2.45, 2.75) is 26.3 Å². The Balaban J connectivity index is 1.26. The van der Waals surface area contributed by atoms with E-state index in [9.17, 15) is 4.79 Å². The fourth-order valence-electron chi connectivity index (χ4n) is 3.11. The lowest BCUT2D eigenvalue weighted by atomic mass is 10.1. The molecule has 0 aliphatic carbocycles. The number of carbonyl (C=O) groups excluding carboxylic acids is 1. The van der Waals surface area contributed by atoms with Crippen LogP contribution in [-0.4, -0.2) is 32.2 Å². The van der Waals surface area contributed by atoms with Gasteiger partial charge in [0.05, 0.1) is 15.6 Å². The molecular formula is C21H21N5OS3. The molecule has 0 fully saturated rings. The predicted molar refractivity (Wildman–Crippen MR) is 124 cm³/mol. The standard InChI is InChI=1S/C21H21N5OS3/c1-14-23-17(13-30-14)16-6-4-15(5-7-16)8-10-22-19(27)9-11-26-20(24-25-21(26)28)18-3-2-12-29-18/h2-7,12-13H,8-11H2,1H3,(H,22,27)(H,25,28). The first kappa shape index (κ1) is 20.6. The molecule has 30 heavy (non-hydrogen) atoms. The van der Waals surface area contributed by atoms with E-state index in [4.69, 9.17) is 12.2 Å². The molecule has 0 atom stereocenters. The van der Waals surface area contributed by atoms with E-state index in [-0.39, 0.29) is 5.91 Å². The van der Waals surface area contributed by atoms with Crippen molar-refractivity contribution in [2.24, 2.45) is 0 Å². The zero-order valence-corrected chi connectivity index (χ0v) is 18.9. The summed E-state index contributed by atoms with van der Waals surface area (Å²) in [5, 5.41) is 15.2. The van der Waals surface area contributed by atoms with Crippen LogP contribution in [0.4, 0.5) is 0 Å². The first-order valence-corrected chi connectivity index (χ1v) is 11.7. The van der Waals surface area contributed by atoms with Gasteiger partial charge in [-0.05, 0) is 42.6 Å². The number of carbonyl (C=O) groups is 1. The number of hydrogen-bond acceptors (Lipinski definition) is 6. The number of aromatic amines is 1. The molecule has 3 aromatic heterocycles. The van der Waals surface area contributed by atoms with Crippen LogP contribution in [0.3, 0.4) is 0 Å². The van der Waals surface area contributed by atoms with E-state index in [2.05, 4.69) is 50.1 Å². The Labute approximate surface area is 187 Å². The Morgan fingerprint density at radius 1 is 1.23 bits per heavy atom. The van der Waals surface area contributed by atoms with Gasteiger partial charge in [-0.3, -0.25) is 14.5 Å². The fourth-order valence-corrected chi connectivity index (χ4v) is 4.67. The third-order valence-corrected chi connectivity index (χ3v) is 6.62. The molecule has 2 N–H and O–H groups in total. The molecule has 0 bridgehead atoms. The highest BCUT2D eigenvalue weighted by molar-refractivity contribution is 7.71. The summed E-state index contributed by atoms with van der Waals surface area (Å²) in [4.78, 5) is 17.8. The summed E-state index contributed by atoms with van der Waals surface area (Å²) in [6.07, 6.45) is 1.14. The normalized spacial score (nSPS) is 11.0. The van der Waals surface area contributed by atoms with E-state index < -0.39 is 0 Å². The maximum Gasteiger partial charge on any atom is 0.221 e. The number of thiazole rings is 1. The molecule has 0 unspecified atom stereocenters. The maximum absolute atomic E-state index is 12.3. The van der Waals surface area contributed by atoms with Crippen LogP contribution in [0.1, 0.15) is 17.0 Å². The minimum atomic E-state index is 0.00444. The number of rotatable bonds is 8. The van der Waals surface area contributed by atoms with Crippen molar-refractivity contribution in [3.8, 4) is 22.0 Å². The second-order valence-corrected chi connectivity index (χ2v) is 9.18. The minimum Gasteiger partial charge on any atom is -0.356 e. The number of aryl methyl sites for hydroxylation is 1. The van der Waals surface area contributed by atoms with E-state index in [1.165, 1.54) is 5.56 Å². The zero-order chi connectivity index (χ0) is 20.9. The van der Waals surface area contributed by atoms with Gasteiger partial charge in [0.15, 0.2) is 10.6 Å². The number of hydrogen-bond donors (Lipinski definition) is 2. The van der Waals surface area contributed by atoms with E-state index in [1.807, 2.05) is 29.0 Å². The molecule has 0 aliphatic heterocycles. The van der Waals surface area contributed by atoms with Crippen LogP contribution >= 0.6 is 34.9 Å². The second kappa shape index (κ2) is 9.46. The molecule has 6 nitrogen and oxygen atoms in total. The van der Waals surface area contributed by atoms with Crippen LogP contribution in [-0.2, 0) is 17.8 Å². The average Bonchev–Trinajstić information content (AvgIpc) is 3.48. The van der Waals surface area contributed by atoms with Crippen molar-refractivity contribution in [3.05, 3.63) is 62.5 Å². The van der Waals surface area contributed by atoms with E-state index >= 15 is 0 Å². The second-order valence-electron chi connectivity index (χ2n) is 6.78. The number of nitrogens with zero attached hydrogens (tertiary/aromatic N) is 3. The molecular weight excluding hydrogens is 434 g/mol. The molecule has 4 rings (SSSR count). The van der Waals surface area contributed by atoms with Crippen LogP contribution in [0, 0.1) is 11.7 Å².